The smallest absolute Gasteiger partial charge is 0.251 e. The van der Waals surface area contributed by atoms with Crippen LogP contribution in [-0.4, -0.2) is 36.6 Å². The van der Waals surface area contributed by atoms with Crippen LogP contribution in [0.5, 0.6) is 5.75 Å². The first-order valence-electron chi connectivity index (χ1n) is 7.31. The van der Waals surface area contributed by atoms with E-state index >= 15 is 0 Å². The Morgan fingerprint density at radius 2 is 2.29 bits per heavy atom. The molecule has 4 nitrogen and oxygen atoms in total. The minimum absolute atomic E-state index is 0.0419. The van der Waals surface area contributed by atoms with Gasteiger partial charge in [0, 0.05) is 12.6 Å². The van der Waals surface area contributed by atoms with Gasteiger partial charge in [0.25, 0.3) is 5.91 Å². The van der Waals surface area contributed by atoms with Gasteiger partial charge in [-0.2, -0.15) is 0 Å². The summed E-state index contributed by atoms with van der Waals surface area (Å²) in [5.41, 5.74) is 0.996. The minimum Gasteiger partial charge on any atom is -0.497 e. The standard InChI is InChI=1S/C17H23NO3/c1-4-10-18(15-8-9-15)17(19)13(2)21-12-14-6-5-7-16(11-14)20-3/h4-7,11,13,15H,1,8-10,12H2,2-3H3/t13-/m0/s1. The van der Waals surface area contributed by atoms with Crippen molar-refractivity contribution in [2.24, 2.45) is 0 Å². The number of rotatable bonds is 8. The monoisotopic (exact) mass is 289 g/mol. The lowest BCUT2D eigenvalue weighted by Gasteiger charge is -2.24. The third-order valence-corrected chi connectivity index (χ3v) is 3.58. The Kier molecular flexibility index (Phi) is 5.39. The van der Waals surface area contributed by atoms with Crippen LogP contribution in [0.15, 0.2) is 36.9 Å². The number of amides is 1. The molecule has 1 fully saturated rings. The van der Waals surface area contributed by atoms with Crippen LogP contribution in [-0.2, 0) is 16.1 Å². The second-order valence-corrected chi connectivity index (χ2v) is 5.32. The van der Waals surface area contributed by atoms with Crippen LogP contribution in [0.4, 0.5) is 0 Å². The molecule has 1 aliphatic carbocycles. The Morgan fingerprint density at radius 1 is 1.52 bits per heavy atom. The second kappa shape index (κ2) is 7.27. The minimum atomic E-state index is -0.447. The van der Waals surface area contributed by atoms with Crippen molar-refractivity contribution < 1.29 is 14.3 Å². The summed E-state index contributed by atoms with van der Waals surface area (Å²) in [5.74, 6) is 0.835. The molecule has 1 aromatic rings. The summed E-state index contributed by atoms with van der Waals surface area (Å²) >= 11 is 0. The molecule has 0 spiro atoms. The van der Waals surface area contributed by atoms with Gasteiger partial charge >= 0.3 is 0 Å². The van der Waals surface area contributed by atoms with Gasteiger partial charge in [0.05, 0.1) is 13.7 Å². The van der Waals surface area contributed by atoms with E-state index in [1.54, 1.807) is 20.1 Å². The van der Waals surface area contributed by atoms with Crippen molar-refractivity contribution in [1.82, 2.24) is 4.90 Å². The zero-order valence-electron chi connectivity index (χ0n) is 12.7. The van der Waals surface area contributed by atoms with E-state index in [1.807, 2.05) is 29.2 Å². The third-order valence-electron chi connectivity index (χ3n) is 3.58. The number of nitrogens with zero attached hydrogens (tertiary/aromatic N) is 1. The summed E-state index contributed by atoms with van der Waals surface area (Å²) in [6.07, 6.45) is 3.49. The van der Waals surface area contributed by atoms with Crippen LogP contribution >= 0.6 is 0 Å². The molecular formula is C17H23NO3. The predicted octanol–water partition coefficient (Wildman–Crippen LogP) is 2.78. The highest BCUT2D eigenvalue weighted by Gasteiger charge is 2.33. The molecule has 0 heterocycles. The van der Waals surface area contributed by atoms with E-state index in [-0.39, 0.29) is 5.91 Å². The quantitative estimate of drug-likeness (QED) is 0.691. The van der Waals surface area contributed by atoms with E-state index in [1.165, 1.54) is 0 Å². The molecule has 0 aromatic heterocycles. The number of carbonyl (C=O) groups excluding carboxylic acids is 1. The average Bonchev–Trinajstić information content (AvgIpc) is 3.34. The van der Waals surface area contributed by atoms with Gasteiger partial charge in [-0.05, 0) is 37.5 Å². The van der Waals surface area contributed by atoms with Crippen molar-refractivity contribution in [3.05, 3.63) is 42.5 Å². The normalized spacial score (nSPS) is 15.3. The molecule has 114 valence electrons. The molecular weight excluding hydrogens is 266 g/mol. The highest BCUT2D eigenvalue weighted by Crippen LogP contribution is 2.27. The summed E-state index contributed by atoms with van der Waals surface area (Å²) in [5, 5.41) is 0. The van der Waals surface area contributed by atoms with E-state index in [2.05, 4.69) is 6.58 Å². The Bertz CT molecular complexity index is 497. The fraction of sp³-hybridized carbons (Fsp3) is 0.471. The van der Waals surface area contributed by atoms with Crippen molar-refractivity contribution in [2.75, 3.05) is 13.7 Å². The molecule has 0 saturated heterocycles. The molecule has 4 heteroatoms. The molecule has 0 unspecified atom stereocenters. The highest BCUT2D eigenvalue weighted by atomic mass is 16.5. The number of benzene rings is 1. The van der Waals surface area contributed by atoms with Crippen LogP contribution in [0.3, 0.4) is 0 Å². The summed E-state index contributed by atoms with van der Waals surface area (Å²) in [6.45, 7) is 6.52. The van der Waals surface area contributed by atoms with Crippen LogP contribution in [0.25, 0.3) is 0 Å². The zero-order chi connectivity index (χ0) is 15.2. The van der Waals surface area contributed by atoms with Gasteiger partial charge in [-0.25, -0.2) is 0 Å². The average molecular weight is 289 g/mol. The van der Waals surface area contributed by atoms with Crippen LogP contribution < -0.4 is 4.74 Å². The number of ether oxygens (including phenoxy) is 2. The van der Waals surface area contributed by atoms with Crippen LogP contribution in [0.2, 0.25) is 0 Å². The van der Waals surface area contributed by atoms with Crippen molar-refractivity contribution in [2.45, 2.75) is 38.5 Å². The van der Waals surface area contributed by atoms with Gasteiger partial charge in [0.1, 0.15) is 11.9 Å². The van der Waals surface area contributed by atoms with E-state index in [0.717, 1.165) is 24.2 Å². The van der Waals surface area contributed by atoms with Gasteiger partial charge in [0.2, 0.25) is 0 Å². The lowest BCUT2D eigenvalue weighted by molar-refractivity contribution is -0.143. The molecule has 1 saturated carbocycles. The van der Waals surface area contributed by atoms with E-state index in [0.29, 0.717) is 19.2 Å². The molecule has 0 aliphatic heterocycles. The van der Waals surface area contributed by atoms with Crippen LogP contribution in [0.1, 0.15) is 25.3 Å². The Morgan fingerprint density at radius 3 is 2.90 bits per heavy atom. The number of methoxy groups -OCH3 is 1. The Labute approximate surface area is 126 Å². The number of hydrogen-bond acceptors (Lipinski definition) is 3. The van der Waals surface area contributed by atoms with Gasteiger partial charge < -0.3 is 14.4 Å². The molecule has 2 rings (SSSR count). The van der Waals surface area contributed by atoms with Gasteiger partial charge in [0.15, 0.2) is 0 Å². The third kappa shape index (κ3) is 4.33. The zero-order valence-corrected chi connectivity index (χ0v) is 12.7. The summed E-state index contributed by atoms with van der Waals surface area (Å²) in [6, 6.07) is 8.05. The molecule has 0 radical (unpaired) electrons. The second-order valence-electron chi connectivity index (χ2n) is 5.32. The summed E-state index contributed by atoms with van der Waals surface area (Å²) in [4.78, 5) is 14.3. The molecule has 21 heavy (non-hydrogen) atoms. The van der Waals surface area contributed by atoms with E-state index < -0.39 is 6.10 Å². The first-order valence-corrected chi connectivity index (χ1v) is 7.31. The molecule has 0 bridgehead atoms. The van der Waals surface area contributed by atoms with Crippen molar-refractivity contribution in [3.63, 3.8) is 0 Å². The first kappa shape index (κ1) is 15.6. The topological polar surface area (TPSA) is 38.8 Å². The summed E-state index contributed by atoms with van der Waals surface area (Å²) in [7, 11) is 1.63. The predicted molar refractivity (Wildman–Crippen MR) is 82.2 cm³/mol. The maximum Gasteiger partial charge on any atom is 0.251 e. The number of hydrogen-bond donors (Lipinski definition) is 0. The van der Waals surface area contributed by atoms with Crippen molar-refractivity contribution >= 4 is 5.91 Å². The van der Waals surface area contributed by atoms with Crippen LogP contribution in [0, 0.1) is 0 Å². The maximum atomic E-state index is 12.4. The highest BCUT2D eigenvalue weighted by molar-refractivity contribution is 5.81. The Balaban J connectivity index is 1.89. The van der Waals surface area contributed by atoms with Crippen molar-refractivity contribution in [1.29, 1.82) is 0 Å². The van der Waals surface area contributed by atoms with Crippen molar-refractivity contribution in [3.8, 4) is 5.75 Å². The van der Waals surface area contributed by atoms with E-state index in [9.17, 15) is 4.79 Å². The lowest BCUT2D eigenvalue weighted by atomic mass is 10.2. The largest absolute Gasteiger partial charge is 0.497 e. The Hall–Kier alpha value is -1.81. The van der Waals surface area contributed by atoms with E-state index in [4.69, 9.17) is 9.47 Å². The number of carbonyl (C=O) groups is 1. The van der Waals surface area contributed by atoms with Gasteiger partial charge in [-0.3, -0.25) is 4.79 Å². The SMILES string of the molecule is C=CCN(C(=O)[C@H](C)OCc1cccc(OC)c1)C1CC1. The molecule has 0 N–H and O–H groups in total. The maximum absolute atomic E-state index is 12.4. The molecule has 1 atom stereocenters. The fourth-order valence-corrected chi connectivity index (χ4v) is 2.23. The molecule has 1 aromatic carbocycles. The first-order chi connectivity index (χ1) is 10.2. The summed E-state index contributed by atoms with van der Waals surface area (Å²) < 4.78 is 10.9. The fourth-order valence-electron chi connectivity index (χ4n) is 2.23. The van der Waals surface area contributed by atoms with Gasteiger partial charge in [-0.15, -0.1) is 6.58 Å². The molecule has 1 aliphatic rings. The van der Waals surface area contributed by atoms with Gasteiger partial charge in [-0.1, -0.05) is 18.2 Å². The lowest BCUT2D eigenvalue weighted by Crippen LogP contribution is -2.40. The molecule has 1 amide bonds.